The quantitative estimate of drug-likeness (QED) is 0.793. The second kappa shape index (κ2) is 6.21. The molecule has 1 amide bonds. The first-order valence-corrected chi connectivity index (χ1v) is 6.83. The first-order valence-electron chi connectivity index (χ1n) is 6.83. The van der Waals surface area contributed by atoms with Gasteiger partial charge < -0.3 is 10.0 Å². The normalized spacial score (nSPS) is 20.2. The fourth-order valence-electron chi connectivity index (χ4n) is 2.70. The number of likely N-dealkylation sites (tertiary alicyclic amines) is 1. The van der Waals surface area contributed by atoms with Gasteiger partial charge in [-0.15, -0.1) is 0 Å². The highest BCUT2D eigenvalue weighted by molar-refractivity contribution is 5.78. The summed E-state index contributed by atoms with van der Waals surface area (Å²) in [6.07, 6.45) is 3.82. The highest BCUT2D eigenvalue weighted by Gasteiger charge is 2.31. The maximum Gasteiger partial charge on any atom is 0.303 e. The van der Waals surface area contributed by atoms with Crippen LogP contribution in [-0.4, -0.2) is 35.0 Å². The molecule has 0 spiro atoms. The minimum atomic E-state index is -0.835. The van der Waals surface area contributed by atoms with Crippen molar-refractivity contribution in [3.05, 3.63) is 0 Å². The van der Waals surface area contributed by atoms with Crippen LogP contribution in [0, 0.1) is 11.3 Å². The largest absolute Gasteiger partial charge is 0.481 e. The van der Waals surface area contributed by atoms with E-state index in [0.717, 1.165) is 25.9 Å². The molecule has 1 atom stereocenters. The molecule has 104 valence electrons. The van der Waals surface area contributed by atoms with Crippen LogP contribution in [0.15, 0.2) is 0 Å². The number of carboxylic acids is 1. The highest BCUT2D eigenvalue weighted by Crippen LogP contribution is 2.28. The number of hydrogen-bond donors (Lipinski definition) is 1. The summed E-state index contributed by atoms with van der Waals surface area (Å²) in [5.41, 5.74) is -0.453. The van der Waals surface area contributed by atoms with Gasteiger partial charge in [0.1, 0.15) is 0 Å². The zero-order chi connectivity index (χ0) is 13.8. The third-order valence-corrected chi connectivity index (χ3v) is 3.60. The lowest BCUT2D eigenvalue weighted by Gasteiger charge is -2.25. The molecule has 1 rings (SSSR count). The molecular formula is C14H25NO3. The Kier molecular flexibility index (Phi) is 5.17. The molecule has 1 aliphatic rings. The lowest BCUT2D eigenvalue weighted by atomic mass is 9.85. The zero-order valence-electron chi connectivity index (χ0n) is 11.7. The van der Waals surface area contributed by atoms with Crippen molar-refractivity contribution in [3.8, 4) is 0 Å². The number of hydrogen-bond acceptors (Lipinski definition) is 2. The summed E-state index contributed by atoms with van der Waals surface area (Å²) in [5, 5.41) is 8.81. The number of nitrogens with zero attached hydrogens (tertiary/aromatic N) is 1. The molecule has 1 heterocycles. The van der Waals surface area contributed by atoms with E-state index in [1.54, 1.807) is 0 Å². The molecule has 0 aromatic heterocycles. The van der Waals surface area contributed by atoms with Gasteiger partial charge in [0.2, 0.25) is 5.91 Å². The molecule has 0 aliphatic carbocycles. The Morgan fingerprint density at radius 2 is 2.00 bits per heavy atom. The molecule has 1 N–H and O–H groups in total. The van der Waals surface area contributed by atoms with Gasteiger partial charge in [-0.3, -0.25) is 9.59 Å². The van der Waals surface area contributed by atoms with Crippen molar-refractivity contribution >= 4 is 11.9 Å². The summed E-state index contributed by atoms with van der Waals surface area (Å²) in [6, 6.07) is 0. The number of aliphatic carboxylic acids is 1. The van der Waals surface area contributed by atoms with Crippen LogP contribution in [0.3, 0.4) is 0 Å². The van der Waals surface area contributed by atoms with Gasteiger partial charge in [0, 0.05) is 19.5 Å². The second-order valence-corrected chi connectivity index (χ2v) is 6.19. The van der Waals surface area contributed by atoms with Gasteiger partial charge in [0.15, 0.2) is 0 Å². The minimum absolute atomic E-state index is 0.0466. The average Bonchev–Trinajstić information content (AvgIpc) is 2.63. The molecule has 1 unspecified atom stereocenters. The van der Waals surface area contributed by atoms with Gasteiger partial charge in [0.05, 0.1) is 6.42 Å². The van der Waals surface area contributed by atoms with Crippen LogP contribution in [0.4, 0.5) is 0 Å². The molecule has 0 bridgehead atoms. The molecule has 18 heavy (non-hydrogen) atoms. The summed E-state index contributed by atoms with van der Waals surface area (Å²) >= 11 is 0. The zero-order valence-corrected chi connectivity index (χ0v) is 11.7. The molecule has 0 radical (unpaired) electrons. The van der Waals surface area contributed by atoms with Crippen molar-refractivity contribution in [2.24, 2.45) is 11.3 Å². The SMILES string of the molecule is CCCC1CCN(C(=O)CC(C)(C)CC(=O)O)C1. The van der Waals surface area contributed by atoms with E-state index in [2.05, 4.69) is 6.92 Å². The summed E-state index contributed by atoms with van der Waals surface area (Å²) in [6.45, 7) is 7.56. The molecular weight excluding hydrogens is 230 g/mol. The molecule has 1 aliphatic heterocycles. The standard InChI is InChI=1S/C14H25NO3/c1-4-5-11-6-7-15(10-11)12(16)8-14(2,3)9-13(17)18/h11H,4-10H2,1-3H3,(H,17,18). The second-order valence-electron chi connectivity index (χ2n) is 6.19. The number of amides is 1. The smallest absolute Gasteiger partial charge is 0.303 e. The van der Waals surface area contributed by atoms with E-state index in [0.29, 0.717) is 12.3 Å². The van der Waals surface area contributed by atoms with Crippen LogP contribution >= 0.6 is 0 Å². The van der Waals surface area contributed by atoms with Crippen molar-refractivity contribution in [3.63, 3.8) is 0 Å². The fraction of sp³-hybridized carbons (Fsp3) is 0.857. The number of carbonyl (C=O) groups is 2. The maximum absolute atomic E-state index is 12.1. The Hall–Kier alpha value is -1.06. The van der Waals surface area contributed by atoms with E-state index < -0.39 is 11.4 Å². The summed E-state index contributed by atoms with van der Waals surface area (Å²) < 4.78 is 0. The summed E-state index contributed by atoms with van der Waals surface area (Å²) in [5.74, 6) is -0.0838. The summed E-state index contributed by atoms with van der Waals surface area (Å²) in [4.78, 5) is 24.8. The van der Waals surface area contributed by atoms with Crippen molar-refractivity contribution in [2.45, 2.75) is 52.9 Å². The van der Waals surface area contributed by atoms with Crippen LogP contribution in [0.25, 0.3) is 0 Å². The van der Waals surface area contributed by atoms with Gasteiger partial charge in [0.25, 0.3) is 0 Å². The molecule has 0 aromatic rings. The lowest BCUT2D eigenvalue weighted by molar-refractivity contribution is -0.140. The molecule has 0 aromatic carbocycles. The van der Waals surface area contributed by atoms with Crippen molar-refractivity contribution < 1.29 is 14.7 Å². The molecule has 1 fully saturated rings. The van der Waals surface area contributed by atoms with Crippen LogP contribution in [0.1, 0.15) is 52.9 Å². The first kappa shape index (κ1) is 15.0. The third-order valence-electron chi connectivity index (χ3n) is 3.60. The number of rotatable bonds is 6. The van der Waals surface area contributed by atoms with Gasteiger partial charge >= 0.3 is 5.97 Å². The topological polar surface area (TPSA) is 57.6 Å². The van der Waals surface area contributed by atoms with Crippen molar-refractivity contribution in [1.29, 1.82) is 0 Å². The Balaban J connectivity index is 2.44. The van der Waals surface area contributed by atoms with Gasteiger partial charge in [-0.1, -0.05) is 27.2 Å². The summed E-state index contributed by atoms with van der Waals surface area (Å²) in [7, 11) is 0. The van der Waals surface area contributed by atoms with Crippen LogP contribution in [-0.2, 0) is 9.59 Å². The Bertz CT molecular complexity index is 312. The molecule has 1 saturated heterocycles. The van der Waals surface area contributed by atoms with E-state index in [4.69, 9.17) is 5.11 Å². The predicted molar refractivity (Wildman–Crippen MR) is 70.2 cm³/mol. The Morgan fingerprint density at radius 1 is 1.33 bits per heavy atom. The molecule has 0 saturated carbocycles. The Labute approximate surface area is 109 Å². The molecule has 4 heteroatoms. The van der Waals surface area contributed by atoms with Crippen LogP contribution in [0.2, 0.25) is 0 Å². The van der Waals surface area contributed by atoms with Gasteiger partial charge in [-0.2, -0.15) is 0 Å². The van der Waals surface area contributed by atoms with E-state index in [1.165, 1.54) is 6.42 Å². The van der Waals surface area contributed by atoms with E-state index >= 15 is 0 Å². The van der Waals surface area contributed by atoms with Gasteiger partial charge in [-0.05, 0) is 24.2 Å². The maximum atomic E-state index is 12.1. The minimum Gasteiger partial charge on any atom is -0.481 e. The Morgan fingerprint density at radius 3 is 2.56 bits per heavy atom. The van der Waals surface area contributed by atoms with E-state index in [9.17, 15) is 9.59 Å². The van der Waals surface area contributed by atoms with Gasteiger partial charge in [-0.25, -0.2) is 0 Å². The van der Waals surface area contributed by atoms with E-state index in [1.807, 2.05) is 18.7 Å². The third kappa shape index (κ3) is 4.67. The number of carboxylic acid groups (broad SMARTS) is 1. The lowest BCUT2D eigenvalue weighted by Crippen LogP contribution is -2.33. The predicted octanol–water partition coefficient (Wildman–Crippen LogP) is 2.53. The van der Waals surface area contributed by atoms with Crippen LogP contribution in [0.5, 0.6) is 0 Å². The average molecular weight is 255 g/mol. The highest BCUT2D eigenvalue weighted by atomic mass is 16.4. The van der Waals surface area contributed by atoms with Crippen molar-refractivity contribution in [2.75, 3.05) is 13.1 Å². The first-order chi connectivity index (χ1) is 8.34. The van der Waals surface area contributed by atoms with Crippen LogP contribution < -0.4 is 0 Å². The monoisotopic (exact) mass is 255 g/mol. The molecule has 4 nitrogen and oxygen atoms in total. The number of carbonyl (C=O) groups excluding carboxylic acids is 1. The fourth-order valence-corrected chi connectivity index (χ4v) is 2.70. The van der Waals surface area contributed by atoms with E-state index in [-0.39, 0.29) is 12.3 Å². The van der Waals surface area contributed by atoms with Crippen molar-refractivity contribution in [1.82, 2.24) is 4.90 Å².